The summed E-state index contributed by atoms with van der Waals surface area (Å²) in [5.41, 5.74) is -5.04. The lowest BCUT2D eigenvalue weighted by atomic mass is 10.1. The molecule has 16 heteroatoms. The van der Waals surface area contributed by atoms with Crippen LogP contribution < -0.4 is 19.5 Å². The minimum absolute atomic E-state index is 0.00622. The topological polar surface area (TPSA) is 162 Å². The molecule has 46 heavy (non-hydrogen) atoms. The van der Waals surface area contributed by atoms with Crippen LogP contribution in [0, 0.1) is 0 Å². The van der Waals surface area contributed by atoms with E-state index in [1.54, 1.807) is 6.07 Å². The molecule has 11 nitrogen and oxygen atoms in total. The minimum Gasteiger partial charge on any atom is -0.423 e. The fourth-order valence-electron chi connectivity index (χ4n) is 4.12. The third-order valence-corrected chi connectivity index (χ3v) is 8.99. The number of esters is 2. The minimum atomic E-state index is -5.62. The number of alkyl halides is 3. The Labute approximate surface area is 260 Å². The summed E-state index contributed by atoms with van der Waals surface area (Å²) in [5, 5.41) is 3.19. The maximum absolute atomic E-state index is 13.3. The summed E-state index contributed by atoms with van der Waals surface area (Å²) < 4.78 is 101. The van der Waals surface area contributed by atoms with Crippen molar-refractivity contribution >= 4 is 65.9 Å². The van der Waals surface area contributed by atoms with Crippen molar-refractivity contribution in [1.29, 1.82) is 0 Å². The van der Waals surface area contributed by atoms with Gasteiger partial charge < -0.3 is 14.8 Å². The van der Waals surface area contributed by atoms with Crippen LogP contribution in [0.2, 0.25) is 0 Å². The van der Waals surface area contributed by atoms with Crippen molar-refractivity contribution in [1.82, 2.24) is 0 Å². The lowest BCUT2D eigenvalue weighted by Crippen LogP contribution is -2.23. The van der Waals surface area contributed by atoms with Crippen LogP contribution in [-0.4, -0.2) is 40.2 Å². The normalized spacial score (nSPS) is 12.1. The summed E-state index contributed by atoms with van der Waals surface area (Å²) >= 11 is 0. The summed E-state index contributed by atoms with van der Waals surface area (Å²) in [5.74, 6) is -1.93. The molecule has 0 aliphatic carbocycles. The first-order chi connectivity index (χ1) is 21.5. The van der Waals surface area contributed by atoms with Crippen molar-refractivity contribution in [2.45, 2.75) is 29.1 Å². The number of nitrogens with one attached hydrogen (secondary N) is 2. The first kappa shape index (κ1) is 33.7. The SMILES string of the molecule is CC(=O)Oc1ccc(/C=C/C(=O)Nc2cccc3c(S(=O)(=O)Nc4ccc(S(=O)(=O)C(F)(F)F)cc4)cccc23)cc1OC(C)=O. The fraction of sp³-hybridized carbons (Fsp3) is 0.100. The highest BCUT2D eigenvalue weighted by Gasteiger charge is 2.46. The molecule has 0 aliphatic rings. The molecule has 0 aliphatic heterocycles. The molecular formula is C30H23F3N2O9S2. The molecular weight excluding hydrogens is 653 g/mol. The monoisotopic (exact) mass is 676 g/mol. The standard InChI is InChI=1S/C30H23F3N2O9S2/c1-18(36)43-26-15-9-20(17-27(26)44-19(2)37)10-16-29(38)34-25-7-3-6-24-23(25)5-4-8-28(24)46(41,42)35-21-11-13-22(14-12-21)45(39,40)30(31,32)33/h3-17,35H,1-2H3,(H,34,38)/b16-10+. The van der Waals surface area contributed by atoms with Crippen molar-refractivity contribution < 1.29 is 53.9 Å². The zero-order chi connectivity index (χ0) is 33.9. The number of halogens is 3. The Kier molecular flexibility index (Phi) is 9.53. The molecule has 0 heterocycles. The van der Waals surface area contributed by atoms with Gasteiger partial charge in [0, 0.05) is 42.1 Å². The molecule has 4 aromatic rings. The zero-order valence-electron chi connectivity index (χ0n) is 23.8. The number of sulfone groups is 1. The second kappa shape index (κ2) is 13.0. The molecule has 0 aromatic heterocycles. The second-order valence-corrected chi connectivity index (χ2v) is 13.0. The first-order valence-electron chi connectivity index (χ1n) is 12.9. The van der Waals surface area contributed by atoms with E-state index in [4.69, 9.17) is 9.47 Å². The molecule has 0 radical (unpaired) electrons. The summed E-state index contributed by atoms with van der Waals surface area (Å²) in [6.45, 7) is 2.34. The number of amides is 1. The number of fused-ring (bicyclic) bond motifs is 1. The molecule has 1 amide bonds. The molecule has 0 fully saturated rings. The zero-order valence-corrected chi connectivity index (χ0v) is 25.4. The Morgan fingerprint density at radius 1 is 0.761 bits per heavy atom. The lowest BCUT2D eigenvalue weighted by Gasteiger charge is -2.13. The van der Waals surface area contributed by atoms with E-state index < -0.39 is 48.1 Å². The van der Waals surface area contributed by atoms with Crippen LogP contribution in [0.1, 0.15) is 19.4 Å². The van der Waals surface area contributed by atoms with Gasteiger partial charge in [0.15, 0.2) is 11.5 Å². The van der Waals surface area contributed by atoms with Gasteiger partial charge >= 0.3 is 17.4 Å². The predicted octanol–water partition coefficient (Wildman–Crippen LogP) is 5.44. The van der Waals surface area contributed by atoms with Gasteiger partial charge in [-0.05, 0) is 60.2 Å². The molecule has 4 rings (SSSR count). The summed E-state index contributed by atoms with van der Waals surface area (Å²) in [7, 11) is -9.96. The van der Waals surface area contributed by atoms with Crippen molar-refractivity contribution in [2.75, 3.05) is 10.0 Å². The third-order valence-electron chi connectivity index (χ3n) is 6.05. The van der Waals surface area contributed by atoms with Crippen molar-refractivity contribution in [3.8, 4) is 11.5 Å². The Bertz CT molecular complexity index is 2090. The molecule has 0 unspecified atom stereocenters. The first-order valence-corrected chi connectivity index (χ1v) is 15.9. The van der Waals surface area contributed by atoms with Crippen LogP contribution in [0.25, 0.3) is 16.8 Å². The molecule has 0 saturated heterocycles. The fourth-order valence-corrected chi connectivity index (χ4v) is 6.16. The largest absolute Gasteiger partial charge is 0.501 e. The van der Waals surface area contributed by atoms with E-state index in [9.17, 15) is 44.4 Å². The number of benzene rings is 4. The van der Waals surface area contributed by atoms with Crippen LogP contribution in [-0.2, 0) is 34.2 Å². The number of carbonyl (C=O) groups is 3. The van der Waals surface area contributed by atoms with Crippen LogP contribution in [0.4, 0.5) is 24.5 Å². The van der Waals surface area contributed by atoms with E-state index >= 15 is 0 Å². The smallest absolute Gasteiger partial charge is 0.423 e. The van der Waals surface area contributed by atoms with Crippen LogP contribution in [0.5, 0.6) is 11.5 Å². The van der Waals surface area contributed by atoms with E-state index in [0.717, 1.165) is 19.1 Å². The second-order valence-electron chi connectivity index (χ2n) is 9.45. The van der Waals surface area contributed by atoms with Gasteiger partial charge in [-0.15, -0.1) is 0 Å². The number of rotatable bonds is 9. The molecule has 0 bridgehead atoms. The van der Waals surface area contributed by atoms with E-state index in [-0.39, 0.29) is 33.2 Å². The van der Waals surface area contributed by atoms with Crippen molar-refractivity contribution in [2.24, 2.45) is 0 Å². The highest BCUT2D eigenvalue weighted by molar-refractivity contribution is 7.93. The van der Waals surface area contributed by atoms with Gasteiger partial charge in [0.05, 0.1) is 9.79 Å². The van der Waals surface area contributed by atoms with E-state index in [1.807, 2.05) is 0 Å². The van der Waals surface area contributed by atoms with Gasteiger partial charge in [-0.2, -0.15) is 13.2 Å². The molecule has 0 saturated carbocycles. The van der Waals surface area contributed by atoms with E-state index in [1.165, 1.54) is 67.6 Å². The van der Waals surface area contributed by atoms with Crippen molar-refractivity contribution in [3.63, 3.8) is 0 Å². The van der Waals surface area contributed by atoms with E-state index in [2.05, 4.69) is 10.0 Å². The number of anilines is 2. The molecule has 240 valence electrons. The quantitative estimate of drug-likeness (QED) is 0.134. The van der Waals surface area contributed by atoms with E-state index in [0.29, 0.717) is 23.1 Å². The maximum Gasteiger partial charge on any atom is 0.501 e. The number of hydrogen-bond donors (Lipinski definition) is 2. The van der Waals surface area contributed by atoms with Gasteiger partial charge in [0.2, 0.25) is 5.91 Å². The number of sulfonamides is 1. The average molecular weight is 677 g/mol. The van der Waals surface area contributed by atoms with Crippen LogP contribution in [0.3, 0.4) is 0 Å². The summed E-state index contributed by atoms with van der Waals surface area (Å²) in [6, 6.07) is 16.1. The Morgan fingerprint density at radius 3 is 2.00 bits per heavy atom. The van der Waals surface area contributed by atoms with Gasteiger partial charge in [-0.3, -0.25) is 19.1 Å². The molecule has 2 N–H and O–H groups in total. The summed E-state index contributed by atoms with van der Waals surface area (Å²) in [4.78, 5) is 34.3. The Morgan fingerprint density at radius 2 is 1.37 bits per heavy atom. The highest BCUT2D eigenvalue weighted by Crippen LogP contribution is 2.33. The van der Waals surface area contributed by atoms with Crippen LogP contribution in [0.15, 0.2) is 94.7 Å². The average Bonchev–Trinajstić information content (AvgIpc) is 2.96. The molecule has 0 atom stereocenters. The van der Waals surface area contributed by atoms with Crippen molar-refractivity contribution in [3.05, 3.63) is 90.5 Å². The lowest BCUT2D eigenvalue weighted by molar-refractivity contribution is -0.134. The Balaban J connectivity index is 1.56. The maximum atomic E-state index is 13.3. The van der Waals surface area contributed by atoms with Crippen LogP contribution >= 0.6 is 0 Å². The highest BCUT2D eigenvalue weighted by atomic mass is 32.2. The molecule has 0 spiro atoms. The van der Waals surface area contributed by atoms with Gasteiger partial charge in [-0.1, -0.05) is 30.3 Å². The van der Waals surface area contributed by atoms with Gasteiger partial charge in [0.25, 0.3) is 19.9 Å². The third kappa shape index (κ3) is 7.70. The Hall–Kier alpha value is -5.22. The van der Waals surface area contributed by atoms with Gasteiger partial charge in [-0.25, -0.2) is 16.8 Å². The van der Waals surface area contributed by atoms with Gasteiger partial charge in [0.1, 0.15) is 0 Å². The number of ether oxygens (including phenoxy) is 2. The summed E-state index contributed by atoms with van der Waals surface area (Å²) in [6.07, 6.45) is 2.57. The number of hydrogen-bond acceptors (Lipinski definition) is 9. The molecule has 4 aromatic carbocycles. The predicted molar refractivity (Wildman–Crippen MR) is 161 cm³/mol. The number of carbonyl (C=O) groups excluding carboxylic acids is 3.